The number of aromatic amines is 2. The van der Waals surface area contributed by atoms with Gasteiger partial charge in [-0.15, -0.1) is 5.10 Å². The van der Waals surface area contributed by atoms with Crippen molar-refractivity contribution in [3.8, 4) is 0 Å². The summed E-state index contributed by atoms with van der Waals surface area (Å²) in [6, 6.07) is 0. The standard InChI is InChI=1S/C8H10N6O/c1-5-12-7(14-13-5)8(15)9-2-6-3-10-11-4-6/h3-4H,2H2,1H3,(H,9,15)(H,10,11)(H,12,13,14). The molecule has 0 radical (unpaired) electrons. The van der Waals surface area contributed by atoms with E-state index in [0.29, 0.717) is 12.4 Å². The van der Waals surface area contributed by atoms with E-state index in [4.69, 9.17) is 0 Å². The lowest BCUT2D eigenvalue weighted by Gasteiger charge is -1.98. The van der Waals surface area contributed by atoms with E-state index in [0.717, 1.165) is 5.56 Å². The lowest BCUT2D eigenvalue weighted by Crippen LogP contribution is -2.23. The highest BCUT2D eigenvalue weighted by molar-refractivity contribution is 5.90. The molecule has 15 heavy (non-hydrogen) atoms. The maximum absolute atomic E-state index is 11.5. The molecule has 0 unspecified atom stereocenters. The van der Waals surface area contributed by atoms with Crippen LogP contribution in [-0.2, 0) is 6.54 Å². The topological polar surface area (TPSA) is 99.3 Å². The number of aromatic nitrogens is 5. The third kappa shape index (κ3) is 2.19. The number of hydrogen-bond acceptors (Lipinski definition) is 4. The number of nitrogens with zero attached hydrogens (tertiary/aromatic N) is 3. The van der Waals surface area contributed by atoms with E-state index in [1.165, 1.54) is 0 Å². The highest BCUT2D eigenvalue weighted by Crippen LogP contribution is 1.94. The van der Waals surface area contributed by atoms with Crippen LogP contribution < -0.4 is 5.32 Å². The molecule has 0 bridgehead atoms. The molecule has 0 aromatic carbocycles. The first kappa shape index (κ1) is 9.38. The van der Waals surface area contributed by atoms with Gasteiger partial charge in [-0.05, 0) is 6.92 Å². The van der Waals surface area contributed by atoms with Gasteiger partial charge < -0.3 is 5.32 Å². The summed E-state index contributed by atoms with van der Waals surface area (Å²) in [5, 5.41) is 15.4. The summed E-state index contributed by atoms with van der Waals surface area (Å²) in [4.78, 5) is 15.4. The molecule has 0 fully saturated rings. The zero-order valence-electron chi connectivity index (χ0n) is 8.11. The molecule has 0 aliphatic heterocycles. The Hall–Kier alpha value is -2.18. The molecule has 2 rings (SSSR count). The van der Waals surface area contributed by atoms with Crippen LogP contribution in [0.5, 0.6) is 0 Å². The van der Waals surface area contributed by atoms with Gasteiger partial charge in [0.15, 0.2) is 0 Å². The Labute approximate surface area is 85.3 Å². The van der Waals surface area contributed by atoms with E-state index >= 15 is 0 Å². The molecule has 0 spiro atoms. The molecule has 2 heterocycles. The molecule has 1 amide bonds. The van der Waals surface area contributed by atoms with Gasteiger partial charge in [0.05, 0.1) is 6.20 Å². The van der Waals surface area contributed by atoms with Crippen molar-refractivity contribution in [1.82, 2.24) is 30.7 Å². The third-order valence-electron chi connectivity index (χ3n) is 1.81. The first-order valence-corrected chi connectivity index (χ1v) is 4.40. The van der Waals surface area contributed by atoms with Gasteiger partial charge in [0.1, 0.15) is 5.82 Å². The van der Waals surface area contributed by atoms with Crippen molar-refractivity contribution in [3.63, 3.8) is 0 Å². The van der Waals surface area contributed by atoms with Gasteiger partial charge in [-0.1, -0.05) is 0 Å². The van der Waals surface area contributed by atoms with Crippen molar-refractivity contribution in [2.24, 2.45) is 0 Å². The fraction of sp³-hybridized carbons (Fsp3) is 0.250. The van der Waals surface area contributed by atoms with E-state index in [9.17, 15) is 4.79 Å². The van der Waals surface area contributed by atoms with Gasteiger partial charge in [-0.25, -0.2) is 4.98 Å². The van der Waals surface area contributed by atoms with Crippen LogP contribution in [0.15, 0.2) is 12.4 Å². The van der Waals surface area contributed by atoms with Crippen molar-refractivity contribution >= 4 is 5.91 Å². The van der Waals surface area contributed by atoms with Crippen LogP contribution in [0.1, 0.15) is 22.0 Å². The molecule has 0 aliphatic rings. The summed E-state index contributed by atoms with van der Waals surface area (Å²) in [5.41, 5.74) is 0.899. The number of H-pyrrole nitrogens is 2. The zero-order valence-corrected chi connectivity index (χ0v) is 8.11. The molecule has 0 aliphatic carbocycles. The number of hydrogen-bond donors (Lipinski definition) is 3. The van der Waals surface area contributed by atoms with Crippen molar-refractivity contribution in [2.75, 3.05) is 0 Å². The van der Waals surface area contributed by atoms with E-state index in [1.54, 1.807) is 19.3 Å². The number of nitrogens with one attached hydrogen (secondary N) is 3. The number of amides is 1. The molecular weight excluding hydrogens is 196 g/mol. The minimum absolute atomic E-state index is 0.149. The molecule has 78 valence electrons. The van der Waals surface area contributed by atoms with Crippen LogP contribution >= 0.6 is 0 Å². The maximum Gasteiger partial charge on any atom is 0.291 e. The Morgan fingerprint density at radius 2 is 2.47 bits per heavy atom. The predicted octanol–water partition coefficient (Wildman–Crippen LogP) is -0.234. The Morgan fingerprint density at radius 3 is 3.07 bits per heavy atom. The molecule has 7 nitrogen and oxygen atoms in total. The van der Waals surface area contributed by atoms with Crippen LogP contribution in [0.25, 0.3) is 0 Å². The lowest BCUT2D eigenvalue weighted by atomic mass is 10.3. The van der Waals surface area contributed by atoms with Crippen LogP contribution in [0.4, 0.5) is 0 Å². The summed E-state index contributed by atoms with van der Waals surface area (Å²) in [7, 11) is 0. The van der Waals surface area contributed by atoms with Crippen LogP contribution in [0, 0.1) is 6.92 Å². The van der Waals surface area contributed by atoms with E-state index in [1.807, 2.05) is 0 Å². The average molecular weight is 206 g/mol. The van der Waals surface area contributed by atoms with Crippen molar-refractivity contribution in [2.45, 2.75) is 13.5 Å². The van der Waals surface area contributed by atoms with Gasteiger partial charge in [-0.3, -0.25) is 15.0 Å². The summed E-state index contributed by atoms with van der Waals surface area (Å²) in [6.45, 7) is 2.14. The van der Waals surface area contributed by atoms with Crippen molar-refractivity contribution < 1.29 is 4.79 Å². The number of rotatable bonds is 3. The number of carbonyl (C=O) groups excluding carboxylic acids is 1. The largest absolute Gasteiger partial charge is 0.345 e. The Balaban J connectivity index is 1.93. The molecule has 0 atom stereocenters. The monoisotopic (exact) mass is 206 g/mol. The molecule has 2 aromatic heterocycles. The van der Waals surface area contributed by atoms with Crippen molar-refractivity contribution in [1.29, 1.82) is 0 Å². The summed E-state index contributed by atoms with van der Waals surface area (Å²) in [5.74, 6) is 0.458. The van der Waals surface area contributed by atoms with Gasteiger partial charge >= 0.3 is 0 Å². The van der Waals surface area contributed by atoms with E-state index in [2.05, 4.69) is 30.7 Å². The first-order chi connectivity index (χ1) is 7.25. The fourth-order valence-corrected chi connectivity index (χ4v) is 1.08. The highest BCUT2D eigenvalue weighted by Gasteiger charge is 2.10. The Morgan fingerprint density at radius 1 is 1.60 bits per heavy atom. The maximum atomic E-state index is 11.5. The second-order valence-electron chi connectivity index (χ2n) is 3.03. The third-order valence-corrected chi connectivity index (χ3v) is 1.81. The van der Waals surface area contributed by atoms with Crippen LogP contribution in [0.3, 0.4) is 0 Å². The normalized spacial score (nSPS) is 10.2. The minimum Gasteiger partial charge on any atom is -0.345 e. The van der Waals surface area contributed by atoms with E-state index < -0.39 is 0 Å². The van der Waals surface area contributed by atoms with Crippen LogP contribution in [0.2, 0.25) is 0 Å². The second-order valence-corrected chi connectivity index (χ2v) is 3.03. The van der Waals surface area contributed by atoms with Gasteiger partial charge in [0, 0.05) is 18.3 Å². The van der Waals surface area contributed by atoms with Gasteiger partial charge in [-0.2, -0.15) is 5.10 Å². The van der Waals surface area contributed by atoms with Gasteiger partial charge in [0.25, 0.3) is 5.91 Å². The first-order valence-electron chi connectivity index (χ1n) is 4.40. The van der Waals surface area contributed by atoms with E-state index in [-0.39, 0.29) is 11.7 Å². The summed E-state index contributed by atoms with van der Waals surface area (Å²) < 4.78 is 0. The van der Waals surface area contributed by atoms with Crippen molar-refractivity contribution in [3.05, 3.63) is 29.6 Å². The molecular formula is C8H10N6O. The average Bonchev–Trinajstić information content (AvgIpc) is 2.84. The molecule has 2 aromatic rings. The quantitative estimate of drug-likeness (QED) is 0.645. The molecule has 0 saturated carbocycles. The molecule has 7 heteroatoms. The lowest BCUT2D eigenvalue weighted by molar-refractivity contribution is 0.0941. The highest BCUT2D eigenvalue weighted by atomic mass is 16.2. The van der Waals surface area contributed by atoms with Gasteiger partial charge in [0.2, 0.25) is 5.82 Å². The predicted molar refractivity (Wildman–Crippen MR) is 50.9 cm³/mol. The number of carbonyl (C=O) groups is 1. The van der Waals surface area contributed by atoms with Crippen LogP contribution in [-0.4, -0.2) is 31.3 Å². The summed E-state index contributed by atoms with van der Waals surface area (Å²) in [6.07, 6.45) is 3.35. The Kier molecular flexibility index (Phi) is 2.44. The summed E-state index contributed by atoms with van der Waals surface area (Å²) >= 11 is 0. The number of aryl methyl sites for hydroxylation is 1. The molecule has 0 saturated heterocycles. The smallest absolute Gasteiger partial charge is 0.291 e. The zero-order chi connectivity index (χ0) is 10.7. The molecule has 3 N–H and O–H groups in total. The fourth-order valence-electron chi connectivity index (χ4n) is 1.08. The Bertz CT molecular complexity index is 445. The minimum atomic E-state index is -0.305. The second kappa shape index (κ2) is 3.91. The SMILES string of the molecule is Cc1nc(C(=O)NCc2cn[nH]c2)n[nH]1.